The molecule has 24 heavy (non-hydrogen) atoms. The number of nitrogens with zero attached hydrogens (tertiary/aromatic N) is 2. The van der Waals surface area contributed by atoms with Crippen molar-refractivity contribution in [2.45, 2.75) is 32.1 Å². The molecule has 1 spiro atoms. The number of piperidine rings is 1. The molecule has 132 valence electrons. The second-order valence-electron chi connectivity index (χ2n) is 6.81. The molecule has 0 saturated carbocycles. The maximum absolute atomic E-state index is 12.9. The summed E-state index contributed by atoms with van der Waals surface area (Å²) in [7, 11) is 1.65. The Bertz CT molecular complexity index is 572. The smallest absolute Gasteiger partial charge is 0.230 e. The van der Waals surface area contributed by atoms with E-state index in [2.05, 4.69) is 0 Å². The summed E-state index contributed by atoms with van der Waals surface area (Å²) >= 11 is 0. The van der Waals surface area contributed by atoms with Crippen LogP contribution in [0, 0.1) is 5.41 Å². The zero-order valence-corrected chi connectivity index (χ0v) is 14.3. The second kappa shape index (κ2) is 7.38. The Kier molecular flexibility index (Phi) is 5.23. The van der Waals surface area contributed by atoms with Gasteiger partial charge in [0.25, 0.3) is 0 Å². The third-order valence-electron chi connectivity index (χ3n) is 5.26. The fourth-order valence-corrected chi connectivity index (χ4v) is 3.87. The zero-order chi connectivity index (χ0) is 17.0. The monoisotopic (exact) mass is 334 g/mol. The van der Waals surface area contributed by atoms with Crippen molar-refractivity contribution in [1.29, 1.82) is 0 Å². The Balaban J connectivity index is 1.56. The molecule has 0 aliphatic carbocycles. The highest BCUT2D eigenvalue weighted by Gasteiger charge is 2.49. The number of amides is 2. The van der Waals surface area contributed by atoms with Crippen LogP contribution >= 0.6 is 0 Å². The summed E-state index contributed by atoms with van der Waals surface area (Å²) in [5.41, 5.74) is -0.369. The van der Waals surface area contributed by atoms with Crippen molar-refractivity contribution in [2.75, 3.05) is 39.9 Å². The first-order valence-corrected chi connectivity index (χ1v) is 8.73. The van der Waals surface area contributed by atoms with Crippen molar-refractivity contribution in [1.82, 2.24) is 9.80 Å². The maximum atomic E-state index is 12.9. The summed E-state index contributed by atoms with van der Waals surface area (Å²) in [5.74, 6) is 1.15. The highest BCUT2D eigenvalue weighted by atomic mass is 16.5. The third-order valence-corrected chi connectivity index (χ3v) is 5.26. The van der Waals surface area contributed by atoms with Crippen LogP contribution in [0.15, 0.2) is 22.8 Å². The molecular formula is C18H26N2O4. The molecule has 2 amide bonds. The molecule has 6 heteroatoms. The number of furan rings is 1. The fourth-order valence-electron chi connectivity index (χ4n) is 3.87. The Morgan fingerprint density at radius 1 is 1.38 bits per heavy atom. The largest absolute Gasteiger partial charge is 0.469 e. The van der Waals surface area contributed by atoms with Gasteiger partial charge in [-0.15, -0.1) is 0 Å². The van der Waals surface area contributed by atoms with Gasteiger partial charge in [-0.1, -0.05) is 0 Å². The molecule has 2 aliphatic rings. The minimum Gasteiger partial charge on any atom is -0.469 e. The number of methoxy groups -OCH3 is 1. The number of hydrogen-bond donors (Lipinski definition) is 0. The van der Waals surface area contributed by atoms with Gasteiger partial charge >= 0.3 is 0 Å². The molecule has 2 saturated heterocycles. The molecule has 0 aromatic carbocycles. The normalized spacial score (nSPS) is 24.1. The van der Waals surface area contributed by atoms with E-state index < -0.39 is 0 Å². The summed E-state index contributed by atoms with van der Waals surface area (Å²) in [6.07, 6.45) is 5.34. The molecule has 3 heterocycles. The van der Waals surface area contributed by atoms with Crippen LogP contribution in [0.2, 0.25) is 0 Å². The van der Waals surface area contributed by atoms with E-state index >= 15 is 0 Å². The minimum atomic E-state index is -0.369. The lowest BCUT2D eigenvalue weighted by Crippen LogP contribution is -2.51. The minimum absolute atomic E-state index is 0.116. The second-order valence-corrected chi connectivity index (χ2v) is 6.81. The van der Waals surface area contributed by atoms with Crippen LogP contribution in [0.25, 0.3) is 0 Å². The zero-order valence-electron chi connectivity index (χ0n) is 14.3. The van der Waals surface area contributed by atoms with Crippen LogP contribution in [-0.2, 0) is 20.7 Å². The maximum Gasteiger partial charge on any atom is 0.230 e. The average Bonchev–Trinajstić information content (AvgIpc) is 3.25. The van der Waals surface area contributed by atoms with E-state index in [1.807, 2.05) is 21.9 Å². The summed E-state index contributed by atoms with van der Waals surface area (Å²) in [5, 5.41) is 0. The predicted molar refractivity (Wildman–Crippen MR) is 88.3 cm³/mol. The molecule has 1 aromatic heterocycles. The summed E-state index contributed by atoms with van der Waals surface area (Å²) in [4.78, 5) is 29.1. The lowest BCUT2D eigenvalue weighted by atomic mass is 9.78. The third kappa shape index (κ3) is 3.48. The van der Waals surface area contributed by atoms with Crippen molar-refractivity contribution in [3.8, 4) is 0 Å². The summed E-state index contributed by atoms with van der Waals surface area (Å²) < 4.78 is 10.4. The Morgan fingerprint density at radius 3 is 3.00 bits per heavy atom. The number of likely N-dealkylation sites (tertiary alicyclic amines) is 2. The highest BCUT2D eigenvalue weighted by Crippen LogP contribution is 2.40. The Hall–Kier alpha value is -1.82. The predicted octanol–water partition coefficient (Wildman–Crippen LogP) is 1.70. The molecule has 0 N–H and O–H groups in total. The van der Waals surface area contributed by atoms with Gasteiger partial charge in [-0.05, 0) is 31.4 Å². The molecule has 6 nitrogen and oxygen atoms in total. The van der Waals surface area contributed by atoms with Crippen molar-refractivity contribution in [3.63, 3.8) is 0 Å². The van der Waals surface area contributed by atoms with E-state index in [1.165, 1.54) is 0 Å². The molecule has 0 radical (unpaired) electrons. The van der Waals surface area contributed by atoms with E-state index in [1.54, 1.807) is 13.4 Å². The van der Waals surface area contributed by atoms with E-state index in [4.69, 9.17) is 9.15 Å². The SMILES string of the molecule is COCCN1CCCC2(CCN(C(=O)CCc3ccco3)C2)C1=O. The van der Waals surface area contributed by atoms with Crippen LogP contribution in [-0.4, -0.2) is 61.5 Å². The van der Waals surface area contributed by atoms with Gasteiger partial charge in [0.1, 0.15) is 5.76 Å². The van der Waals surface area contributed by atoms with Crippen molar-refractivity contribution < 1.29 is 18.7 Å². The van der Waals surface area contributed by atoms with Gasteiger partial charge in [-0.2, -0.15) is 0 Å². The molecule has 2 fully saturated rings. The first-order valence-electron chi connectivity index (χ1n) is 8.73. The van der Waals surface area contributed by atoms with Gasteiger partial charge in [0, 0.05) is 46.1 Å². The molecule has 1 unspecified atom stereocenters. The number of ether oxygens (including phenoxy) is 1. The standard InChI is InChI=1S/C18H26N2O4/c1-23-13-11-19-9-3-7-18(17(19)22)8-10-20(14-18)16(21)6-5-15-4-2-12-24-15/h2,4,12H,3,5-11,13-14H2,1H3. The van der Waals surface area contributed by atoms with Gasteiger partial charge in [-0.25, -0.2) is 0 Å². The number of rotatable bonds is 6. The summed E-state index contributed by atoms with van der Waals surface area (Å²) in [6.45, 7) is 3.25. The van der Waals surface area contributed by atoms with Gasteiger partial charge < -0.3 is 19.0 Å². The van der Waals surface area contributed by atoms with Crippen molar-refractivity contribution >= 4 is 11.8 Å². The lowest BCUT2D eigenvalue weighted by molar-refractivity contribution is -0.146. The molecule has 2 aliphatic heterocycles. The number of hydrogen-bond acceptors (Lipinski definition) is 4. The number of aryl methyl sites for hydroxylation is 1. The van der Waals surface area contributed by atoms with E-state index in [-0.39, 0.29) is 17.2 Å². The van der Waals surface area contributed by atoms with Crippen LogP contribution < -0.4 is 0 Å². The molecule has 1 atom stereocenters. The van der Waals surface area contributed by atoms with Gasteiger partial charge in [0.15, 0.2) is 0 Å². The quantitative estimate of drug-likeness (QED) is 0.794. The van der Waals surface area contributed by atoms with Crippen LogP contribution in [0.1, 0.15) is 31.4 Å². The van der Waals surface area contributed by atoms with Crippen molar-refractivity contribution in [2.24, 2.45) is 5.41 Å². The first kappa shape index (κ1) is 17.0. The van der Waals surface area contributed by atoms with E-state index in [9.17, 15) is 9.59 Å². The topological polar surface area (TPSA) is 63.0 Å². The van der Waals surface area contributed by atoms with Gasteiger partial charge in [0.2, 0.25) is 11.8 Å². The fraction of sp³-hybridized carbons (Fsp3) is 0.667. The van der Waals surface area contributed by atoms with Gasteiger partial charge in [0.05, 0.1) is 18.3 Å². The van der Waals surface area contributed by atoms with Crippen LogP contribution in [0.5, 0.6) is 0 Å². The van der Waals surface area contributed by atoms with Crippen LogP contribution in [0.3, 0.4) is 0 Å². The number of carbonyl (C=O) groups excluding carboxylic acids is 2. The van der Waals surface area contributed by atoms with Crippen LogP contribution in [0.4, 0.5) is 0 Å². The number of carbonyl (C=O) groups is 2. The Labute approximate surface area is 142 Å². The first-order chi connectivity index (χ1) is 11.6. The highest BCUT2D eigenvalue weighted by molar-refractivity contribution is 5.86. The lowest BCUT2D eigenvalue weighted by Gasteiger charge is -2.39. The molecular weight excluding hydrogens is 308 g/mol. The Morgan fingerprint density at radius 2 is 2.25 bits per heavy atom. The van der Waals surface area contributed by atoms with E-state index in [0.29, 0.717) is 39.1 Å². The van der Waals surface area contributed by atoms with Gasteiger partial charge in [-0.3, -0.25) is 9.59 Å². The van der Waals surface area contributed by atoms with E-state index in [0.717, 1.165) is 31.6 Å². The molecule has 1 aromatic rings. The summed E-state index contributed by atoms with van der Waals surface area (Å²) in [6, 6.07) is 3.72. The van der Waals surface area contributed by atoms with Crippen molar-refractivity contribution in [3.05, 3.63) is 24.2 Å². The average molecular weight is 334 g/mol. The molecule has 3 rings (SSSR count). The molecule has 0 bridgehead atoms.